The SMILES string of the molecule is Cc1cccc2c1CCC2c1c(C(F)(F)F)c2cc(CN(C)C)ccc2n(C)c1=O.O=C(O)CNC(=O)C1(C(F)(F)F)CCN(CC(F)(F)F)CC1. The molecule has 1 unspecified atom stereocenters. The van der Waals surface area contributed by atoms with Gasteiger partial charge in [-0.2, -0.15) is 39.5 Å². The second-order valence-corrected chi connectivity index (χ2v) is 13.5. The molecule has 1 aliphatic heterocycles. The van der Waals surface area contributed by atoms with E-state index in [0.717, 1.165) is 27.2 Å². The number of nitrogens with zero attached hydrogens (tertiary/aromatic N) is 3. The molecule has 0 spiro atoms. The van der Waals surface area contributed by atoms with Crippen molar-refractivity contribution < 1.29 is 54.2 Å². The van der Waals surface area contributed by atoms with Gasteiger partial charge < -0.3 is 19.9 Å². The lowest BCUT2D eigenvalue weighted by atomic mass is 9.76. The monoisotopic (exact) mass is 750 g/mol. The number of amides is 1. The number of carboxylic acids is 1. The molecular weight excluding hydrogens is 711 g/mol. The second kappa shape index (κ2) is 15.1. The molecule has 2 N–H and O–H groups in total. The summed E-state index contributed by atoms with van der Waals surface area (Å²) in [6.45, 7) is -0.950. The number of carbonyl (C=O) groups excluding carboxylic acids is 1. The van der Waals surface area contributed by atoms with Crippen molar-refractivity contribution in [1.82, 2.24) is 19.7 Å². The number of fused-ring (bicyclic) bond motifs is 2. The average Bonchev–Trinajstić information content (AvgIpc) is 3.45. The van der Waals surface area contributed by atoms with E-state index in [1.54, 1.807) is 30.6 Å². The van der Waals surface area contributed by atoms with E-state index in [2.05, 4.69) is 0 Å². The Hall–Kier alpha value is -4.12. The summed E-state index contributed by atoms with van der Waals surface area (Å²) in [5.74, 6) is -3.58. The highest BCUT2D eigenvalue weighted by Gasteiger charge is 2.61. The number of likely N-dealkylation sites (tertiary alicyclic amines) is 1. The Labute approximate surface area is 293 Å². The van der Waals surface area contributed by atoms with Crippen LogP contribution in [0.1, 0.15) is 58.6 Å². The Kier molecular flexibility index (Phi) is 11.8. The molecule has 0 saturated carbocycles. The standard InChI is InChI=1S/C24H25F3N2O.C11H14F6N2O3/c1-14-6-5-7-17-16(14)9-10-18(17)21-22(24(25,26)27)19-12-15(13-28(2)3)8-11-20(19)29(4)23(21)30;12-10(13,14)6-19-3-1-9(2-4-19,11(15,16)17)8(22)18-5-7(20)21/h5-8,11-12,18H,9-10,13H2,1-4H3;1-6H2,(H,18,22)(H,20,21). The van der Waals surface area contributed by atoms with Gasteiger partial charge in [0.2, 0.25) is 5.91 Å². The van der Waals surface area contributed by atoms with Crippen molar-refractivity contribution in [2.75, 3.05) is 40.3 Å². The van der Waals surface area contributed by atoms with Crippen LogP contribution in [0.3, 0.4) is 0 Å². The van der Waals surface area contributed by atoms with Crippen LogP contribution >= 0.6 is 0 Å². The van der Waals surface area contributed by atoms with Gasteiger partial charge in [-0.15, -0.1) is 0 Å². The van der Waals surface area contributed by atoms with Crippen LogP contribution in [-0.4, -0.2) is 84.0 Å². The van der Waals surface area contributed by atoms with E-state index in [1.165, 1.54) is 4.57 Å². The van der Waals surface area contributed by atoms with Crippen molar-refractivity contribution in [3.8, 4) is 0 Å². The van der Waals surface area contributed by atoms with Crippen LogP contribution in [0.2, 0.25) is 0 Å². The number of carbonyl (C=O) groups is 2. The molecule has 1 saturated heterocycles. The minimum absolute atomic E-state index is 0.0973. The largest absolute Gasteiger partial charge is 0.480 e. The van der Waals surface area contributed by atoms with Crippen LogP contribution in [0, 0.1) is 12.3 Å². The van der Waals surface area contributed by atoms with Crippen molar-refractivity contribution in [2.45, 2.75) is 63.6 Å². The number of aliphatic carboxylic acids is 1. The molecule has 17 heteroatoms. The molecule has 1 aliphatic carbocycles. The molecule has 5 rings (SSSR count). The summed E-state index contributed by atoms with van der Waals surface area (Å²) in [6.07, 6.45) is -14.6. The predicted molar refractivity (Wildman–Crippen MR) is 174 cm³/mol. The number of nitrogens with one attached hydrogen (secondary N) is 1. The number of hydrogen-bond acceptors (Lipinski definition) is 5. The number of alkyl halides is 9. The predicted octanol–water partition coefficient (Wildman–Crippen LogP) is 6.40. The fourth-order valence-corrected chi connectivity index (χ4v) is 7.16. The summed E-state index contributed by atoms with van der Waals surface area (Å²) in [4.78, 5) is 38.0. The summed E-state index contributed by atoms with van der Waals surface area (Å²) in [5, 5.41) is 10.1. The van der Waals surface area contributed by atoms with Gasteiger partial charge in [-0.1, -0.05) is 24.3 Å². The van der Waals surface area contributed by atoms with Crippen LogP contribution in [-0.2, 0) is 35.8 Å². The number of aromatic nitrogens is 1. The Morgan fingerprint density at radius 3 is 2.17 bits per heavy atom. The summed E-state index contributed by atoms with van der Waals surface area (Å²) in [5.41, 5.74) is -0.245. The summed E-state index contributed by atoms with van der Waals surface area (Å²) in [6, 6.07) is 10.7. The van der Waals surface area contributed by atoms with E-state index in [-0.39, 0.29) is 10.9 Å². The van der Waals surface area contributed by atoms with E-state index in [1.807, 2.05) is 44.1 Å². The fraction of sp³-hybridized carbons (Fsp3) is 0.514. The van der Waals surface area contributed by atoms with Gasteiger partial charge in [0.1, 0.15) is 12.0 Å². The highest BCUT2D eigenvalue weighted by molar-refractivity contribution is 5.87. The van der Waals surface area contributed by atoms with E-state index in [4.69, 9.17) is 5.11 Å². The zero-order valence-electron chi connectivity index (χ0n) is 28.8. The Morgan fingerprint density at radius 2 is 1.63 bits per heavy atom. The van der Waals surface area contributed by atoms with Gasteiger partial charge in [0, 0.05) is 30.5 Å². The normalized spacial score (nSPS) is 17.8. The van der Waals surface area contributed by atoms with Crippen LogP contribution in [0.4, 0.5) is 39.5 Å². The first-order chi connectivity index (χ1) is 24.0. The van der Waals surface area contributed by atoms with Crippen molar-refractivity contribution in [3.63, 3.8) is 0 Å². The molecule has 1 fully saturated rings. The first-order valence-electron chi connectivity index (χ1n) is 16.3. The summed E-state index contributed by atoms with van der Waals surface area (Å²) in [7, 11) is 5.31. The van der Waals surface area contributed by atoms with Crippen molar-refractivity contribution >= 4 is 22.8 Å². The molecule has 2 aliphatic rings. The maximum atomic E-state index is 14.4. The first-order valence-corrected chi connectivity index (χ1v) is 16.3. The lowest BCUT2D eigenvalue weighted by Gasteiger charge is -2.41. The lowest BCUT2D eigenvalue weighted by Crippen LogP contribution is -2.57. The van der Waals surface area contributed by atoms with Crippen molar-refractivity contribution in [2.24, 2.45) is 12.5 Å². The zero-order chi connectivity index (χ0) is 39.0. The van der Waals surface area contributed by atoms with Crippen LogP contribution < -0.4 is 10.9 Å². The highest BCUT2D eigenvalue weighted by Crippen LogP contribution is 2.47. The van der Waals surface area contributed by atoms with Crippen molar-refractivity contribution in [1.29, 1.82) is 0 Å². The molecule has 0 radical (unpaired) electrons. The average molecular weight is 751 g/mol. The quantitative estimate of drug-likeness (QED) is 0.272. The topological polar surface area (TPSA) is 94.9 Å². The third kappa shape index (κ3) is 8.73. The van der Waals surface area contributed by atoms with Crippen LogP contribution in [0.15, 0.2) is 41.2 Å². The number of rotatable bonds is 7. The van der Waals surface area contributed by atoms with E-state index < -0.39 is 91.9 Å². The van der Waals surface area contributed by atoms with Gasteiger partial charge in [0.15, 0.2) is 0 Å². The third-order valence-electron chi connectivity index (χ3n) is 9.62. The molecule has 2 aromatic carbocycles. The molecule has 286 valence electrons. The van der Waals surface area contributed by atoms with Gasteiger partial charge in [-0.3, -0.25) is 19.3 Å². The lowest BCUT2D eigenvalue weighted by molar-refractivity contribution is -0.236. The molecular formula is C35H39F9N4O4. The minimum atomic E-state index is -4.97. The number of pyridine rings is 1. The molecule has 1 atom stereocenters. The van der Waals surface area contributed by atoms with E-state index in [0.29, 0.717) is 24.9 Å². The zero-order valence-corrected chi connectivity index (χ0v) is 28.8. The first kappa shape index (κ1) is 40.6. The van der Waals surface area contributed by atoms with Gasteiger partial charge >= 0.3 is 24.5 Å². The highest BCUT2D eigenvalue weighted by atomic mass is 19.4. The van der Waals surface area contributed by atoms with E-state index in [9.17, 15) is 53.9 Å². The third-order valence-corrected chi connectivity index (χ3v) is 9.62. The van der Waals surface area contributed by atoms with Crippen LogP contribution in [0.5, 0.6) is 0 Å². The summed E-state index contributed by atoms with van der Waals surface area (Å²) >= 11 is 0. The number of hydrogen-bond donors (Lipinski definition) is 2. The minimum Gasteiger partial charge on any atom is -0.480 e. The number of aryl methyl sites for hydroxylation is 2. The Bertz CT molecular complexity index is 1860. The second-order valence-electron chi connectivity index (χ2n) is 13.5. The number of benzene rings is 2. The molecule has 52 heavy (non-hydrogen) atoms. The maximum Gasteiger partial charge on any atom is 0.417 e. The maximum absolute atomic E-state index is 14.4. The number of piperidine rings is 1. The smallest absolute Gasteiger partial charge is 0.417 e. The number of carboxylic acid groups (broad SMARTS) is 1. The molecule has 1 aromatic heterocycles. The van der Waals surface area contributed by atoms with E-state index >= 15 is 0 Å². The molecule has 1 amide bonds. The van der Waals surface area contributed by atoms with Gasteiger partial charge in [0.05, 0.1) is 17.6 Å². The van der Waals surface area contributed by atoms with Gasteiger partial charge in [-0.05, 0) is 94.2 Å². The Balaban J connectivity index is 0.000000246. The Morgan fingerprint density at radius 1 is 1.00 bits per heavy atom. The van der Waals surface area contributed by atoms with Crippen molar-refractivity contribution in [3.05, 3.63) is 80.1 Å². The molecule has 0 bridgehead atoms. The fourth-order valence-electron chi connectivity index (χ4n) is 7.16. The van der Waals surface area contributed by atoms with Gasteiger partial charge in [0.25, 0.3) is 5.56 Å². The molecule has 3 aromatic rings. The van der Waals surface area contributed by atoms with Gasteiger partial charge in [-0.25, -0.2) is 0 Å². The number of halogens is 9. The molecule has 8 nitrogen and oxygen atoms in total. The van der Waals surface area contributed by atoms with Crippen LogP contribution in [0.25, 0.3) is 10.9 Å². The molecule has 2 heterocycles. The summed E-state index contributed by atoms with van der Waals surface area (Å²) < 4.78 is 121.